The molecule has 1 atom stereocenters. The Balaban J connectivity index is 1.31. The van der Waals surface area contributed by atoms with Gasteiger partial charge in [-0.3, -0.25) is 4.79 Å². The number of aryl methyl sites for hydroxylation is 1. The molecule has 7 heteroatoms. The molecule has 3 rings (SSSR count). The summed E-state index contributed by atoms with van der Waals surface area (Å²) in [5, 5.41) is 2.65. The molecule has 1 aliphatic rings. The van der Waals surface area contributed by atoms with Crippen molar-refractivity contribution in [2.45, 2.75) is 25.9 Å². The fourth-order valence-corrected chi connectivity index (χ4v) is 2.98. The third-order valence-corrected chi connectivity index (χ3v) is 4.57. The second kappa shape index (κ2) is 11.2. The van der Waals surface area contributed by atoms with Crippen LogP contribution in [0.4, 0.5) is 0 Å². The van der Waals surface area contributed by atoms with E-state index in [2.05, 4.69) is 5.32 Å². The van der Waals surface area contributed by atoms with Crippen molar-refractivity contribution in [3.8, 4) is 11.5 Å². The normalized spacial score (nSPS) is 15.4. The van der Waals surface area contributed by atoms with Crippen molar-refractivity contribution >= 4 is 11.9 Å². The van der Waals surface area contributed by atoms with Crippen LogP contribution >= 0.6 is 0 Å². The molecular formula is C23H27NO6. The Kier molecular flexibility index (Phi) is 8.09. The molecule has 1 unspecified atom stereocenters. The molecule has 1 heterocycles. The summed E-state index contributed by atoms with van der Waals surface area (Å²) in [6.07, 6.45) is 2.20. The van der Waals surface area contributed by atoms with E-state index in [0.29, 0.717) is 31.1 Å². The summed E-state index contributed by atoms with van der Waals surface area (Å²) in [7, 11) is 0. The first kappa shape index (κ1) is 21.6. The SMILES string of the molecule is Cc1cccc(OCCNC(=O)COC(=O)c2ccc(OCC3CCCO3)cc2)c1. The first-order valence-electron chi connectivity index (χ1n) is 10.1. The van der Waals surface area contributed by atoms with E-state index in [1.807, 2.05) is 31.2 Å². The summed E-state index contributed by atoms with van der Waals surface area (Å²) in [4.78, 5) is 23.9. The van der Waals surface area contributed by atoms with E-state index < -0.39 is 5.97 Å². The van der Waals surface area contributed by atoms with E-state index in [1.165, 1.54) is 0 Å². The molecule has 1 N–H and O–H groups in total. The standard InChI is InChI=1S/C23H27NO6/c1-17-4-2-5-20(14-17)28-13-11-24-22(25)16-30-23(26)18-7-9-19(10-8-18)29-15-21-6-3-12-27-21/h2,4-5,7-10,14,21H,3,6,11-13,15-16H2,1H3,(H,24,25). The number of carbonyl (C=O) groups excluding carboxylic acids is 2. The zero-order valence-corrected chi connectivity index (χ0v) is 17.1. The van der Waals surface area contributed by atoms with Crippen LogP contribution in [0.1, 0.15) is 28.8 Å². The van der Waals surface area contributed by atoms with Gasteiger partial charge < -0.3 is 24.3 Å². The van der Waals surface area contributed by atoms with Crippen molar-refractivity contribution in [3.63, 3.8) is 0 Å². The zero-order valence-electron chi connectivity index (χ0n) is 17.1. The molecule has 160 valence electrons. The highest BCUT2D eigenvalue weighted by Gasteiger charge is 2.16. The Morgan fingerprint density at radius 1 is 1.10 bits per heavy atom. The van der Waals surface area contributed by atoms with Crippen molar-refractivity contribution in [3.05, 3.63) is 59.7 Å². The molecule has 2 aromatic rings. The van der Waals surface area contributed by atoms with Gasteiger partial charge in [-0.05, 0) is 61.7 Å². The van der Waals surface area contributed by atoms with Gasteiger partial charge in [0.25, 0.3) is 5.91 Å². The van der Waals surface area contributed by atoms with Gasteiger partial charge in [0, 0.05) is 6.61 Å². The Morgan fingerprint density at radius 3 is 2.67 bits per heavy atom. The molecule has 2 aromatic carbocycles. The fraction of sp³-hybridized carbons (Fsp3) is 0.391. The van der Waals surface area contributed by atoms with Crippen LogP contribution in [0.2, 0.25) is 0 Å². The van der Waals surface area contributed by atoms with Gasteiger partial charge in [-0.25, -0.2) is 4.79 Å². The van der Waals surface area contributed by atoms with E-state index in [1.54, 1.807) is 24.3 Å². The number of amides is 1. The number of nitrogens with one attached hydrogen (secondary N) is 1. The summed E-state index contributed by atoms with van der Waals surface area (Å²) in [6, 6.07) is 14.3. The first-order chi connectivity index (χ1) is 14.6. The van der Waals surface area contributed by atoms with Crippen molar-refractivity contribution in [1.29, 1.82) is 0 Å². The summed E-state index contributed by atoms with van der Waals surface area (Å²) < 4.78 is 21.8. The van der Waals surface area contributed by atoms with E-state index in [0.717, 1.165) is 30.8 Å². The topological polar surface area (TPSA) is 83.1 Å². The maximum atomic E-state index is 12.1. The fourth-order valence-electron chi connectivity index (χ4n) is 2.98. The Morgan fingerprint density at radius 2 is 1.93 bits per heavy atom. The lowest BCUT2D eigenvalue weighted by molar-refractivity contribution is -0.124. The lowest BCUT2D eigenvalue weighted by atomic mass is 10.2. The largest absolute Gasteiger partial charge is 0.492 e. The average Bonchev–Trinajstić information content (AvgIpc) is 3.28. The van der Waals surface area contributed by atoms with Crippen LogP contribution < -0.4 is 14.8 Å². The van der Waals surface area contributed by atoms with Crippen LogP contribution in [0.15, 0.2) is 48.5 Å². The molecule has 1 aliphatic heterocycles. The molecule has 0 radical (unpaired) electrons. The summed E-state index contributed by atoms with van der Waals surface area (Å²) in [5.41, 5.74) is 1.46. The monoisotopic (exact) mass is 413 g/mol. The number of rotatable bonds is 10. The Labute approximate surface area is 176 Å². The smallest absolute Gasteiger partial charge is 0.338 e. The number of ether oxygens (including phenoxy) is 4. The van der Waals surface area contributed by atoms with E-state index in [-0.39, 0.29) is 18.6 Å². The molecule has 0 spiro atoms. The number of hydrogen-bond acceptors (Lipinski definition) is 6. The molecule has 30 heavy (non-hydrogen) atoms. The molecule has 7 nitrogen and oxygen atoms in total. The summed E-state index contributed by atoms with van der Waals surface area (Å²) in [5.74, 6) is 0.465. The third kappa shape index (κ3) is 7.08. The van der Waals surface area contributed by atoms with Gasteiger partial charge in [-0.1, -0.05) is 12.1 Å². The Hall–Kier alpha value is -3.06. The maximum absolute atomic E-state index is 12.1. The van der Waals surface area contributed by atoms with Crippen molar-refractivity contribution < 1.29 is 28.5 Å². The van der Waals surface area contributed by atoms with Crippen molar-refractivity contribution in [2.24, 2.45) is 0 Å². The second-order valence-corrected chi connectivity index (χ2v) is 7.06. The summed E-state index contributed by atoms with van der Waals surface area (Å²) in [6.45, 7) is 3.57. The van der Waals surface area contributed by atoms with Crippen molar-refractivity contribution in [1.82, 2.24) is 5.32 Å². The van der Waals surface area contributed by atoms with Crippen LogP contribution in [0.25, 0.3) is 0 Å². The Bertz CT molecular complexity index is 830. The number of carbonyl (C=O) groups is 2. The molecule has 0 bridgehead atoms. The molecule has 0 saturated carbocycles. The molecule has 1 amide bonds. The number of esters is 1. The first-order valence-corrected chi connectivity index (χ1v) is 10.1. The molecule has 1 fully saturated rings. The van der Waals surface area contributed by atoms with E-state index >= 15 is 0 Å². The molecule has 1 saturated heterocycles. The van der Waals surface area contributed by atoms with Gasteiger partial charge in [-0.2, -0.15) is 0 Å². The minimum atomic E-state index is -0.563. The minimum absolute atomic E-state index is 0.135. The van der Waals surface area contributed by atoms with Crippen LogP contribution in [-0.2, 0) is 14.3 Å². The van der Waals surface area contributed by atoms with E-state index in [4.69, 9.17) is 18.9 Å². The molecular weight excluding hydrogens is 386 g/mol. The minimum Gasteiger partial charge on any atom is -0.492 e. The third-order valence-electron chi connectivity index (χ3n) is 4.57. The lowest BCUT2D eigenvalue weighted by Crippen LogP contribution is -2.32. The van der Waals surface area contributed by atoms with Crippen LogP contribution in [-0.4, -0.2) is 51.0 Å². The highest BCUT2D eigenvalue weighted by molar-refractivity contribution is 5.91. The molecule has 0 aliphatic carbocycles. The van der Waals surface area contributed by atoms with Gasteiger partial charge in [-0.15, -0.1) is 0 Å². The predicted molar refractivity (Wildman–Crippen MR) is 111 cm³/mol. The van der Waals surface area contributed by atoms with Gasteiger partial charge >= 0.3 is 5.97 Å². The number of hydrogen-bond donors (Lipinski definition) is 1. The van der Waals surface area contributed by atoms with Gasteiger partial charge in [0.2, 0.25) is 0 Å². The van der Waals surface area contributed by atoms with Crippen LogP contribution in [0, 0.1) is 6.92 Å². The zero-order chi connectivity index (χ0) is 21.2. The highest BCUT2D eigenvalue weighted by Crippen LogP contribution is 2.17. The van der Waals surface area contributed by atoms with Crippen molar-refractivity contribution in [2.75, 3.05) is 33.0 Å². The van der Waals surface area contributed by atoms with Crippen LogP contribution in [0.5, 0.6) is 11.5 Å². The summed E-state index contributed by atoms with van der Waals surface area (Å²) >= 11 is 0. The number of benzene rings is 2. The highest BCUT2D eigenvalue weighted by atomic mass is 16.5. The van der Waals surface area contributed by atoms with Gasteiger partial charge in [0.15, 0.2) is 6.61 Å². The second-order valence-electron chi connectivity index (χ2n) is 7.06. The van der Waals surface area contributed by atoms with Gasteiger partial charge in [0.05, 0.1) is 18.2 Å². The van der Waals surface area contributed by atoms with Crippen LogP contribution in [0.3, 0.4) is 0 Å². The predicted octanol–water partition coefficient (Wildman–Crippen LogP) is 2.90. The average molecular weight is 413 g/mol. The quantitative estimate of drug-likeness (QED) is 0.476. The molecule has 0 aromatic heterocycles. The van der Waals surface area contributed by atoms with Gasteiger partial charge in [0.1, 0.15) is 24.7 Å². The lowest BCUT2D eigenvalue weighted by Gasteiger charge is -2.11. The maximum Gasteiger partial charge on any atom is 0.338 e. The van der Waals surface area contributed by atoms with E-state index in [9.17, 15) is 9.59 Å².